The number of methoxy groups -OCH3 is 3. The molecule has 0 radical (unpaired) electrons. The molecule has 1 saturated heterocycles. The lowest BCUT2D eigenvalue weighted by atomic mass is 10.1. The summed E-state index contributed by atoms with van der Waals surface area (Å²) in [6, 6.07) is 9.72. The van der Waals surface area contributed by atoms with Gasteiger partial charge >= 0.3 is 0 Å². The molecule has 1 fully saturated rings. The third kappa shape index (κ3) is 3.99. The third-order valence-electron chi connectivity index (χ3n) is 4.43. The van der Waals surface area contributed by atoms with Crippen molar-refractivity contribution in [2.75, 3.05) is 43.2 Å². The van der Waals surface area contributed by atoms with Gasteiger partial charge in [0.05, 0.1) is 38.5 Å². The zero-order valence-electron chi connectivity index (χ0n) is 15.9. The number of anilines is 2. The van der Waals surface area contributed by atoms with Crippen LogP contribution >= 0.6 is 0 Å². The lowest BCUT2D eigenvalue weighted by Crippen LogP contribution is -2.25. The van der Waals surface area contributed by atoms with Crippen LogP contribution in [0, 0.1) is 0 Å². The Bertz CT molecular complexity index is 968. The minimum absolute atomic E-state index is 0.130. The Morgan fingerprint density at radius 3 is 2.21 bits per heavy atom. The van der Waals surface area contributed by atoms with E-state index < -0.39 is 10.0 Å². The maximum absolute atomic E-state index is 12.7. The Labute approximate surface area is 164 Å². The number of hydrogen-bond donors (Lipinski definition) is 1. The van der Waals surface area contributed by atoms with Gasteiger partial charge in [0.25, 0.3) is 5.91 Å². The van der Waals surface area contributed by atoms with E-state index in [1.807, 2.05) is 0 Å². The predicted molar refractivity (Wildman–Crippen MR) is 106 cm³/mol. The second-order valence-corrected chi connectivity index (χ2v) is 8.19. The molecule has 1 N–H and O–H groups in total. The molecule has 0 unspecified atom stereocenters. The molecule has 1 heterocycles. The number of ether oxygens (including phenoxy) is 3. The van der Waals surface area contributed by atoms with Crippen molar-refractivity contribution in [2.45, 2.75) is 6.42 Å². The Morgan fingerprint density at radius 2 is 1.68 bits per heavy atom. The van der Waals surface area contributed by atoms with Crippen LogP contribution in [-0.2, 0) is 10.0 Å². The second kappa shape index (κ2) is 7.97. The number of nitrogens with one attached hydrogen (secondary N) is 1. The molecule has 0 saturated carbocycles. The van der Waals surface area contributed by atoms with Crippen LogP contribution in [0.4, 0.5) is 11.4 Å². The molecule has 1 aliphatic rings. The van der Waals surface area contributed by atoms with Gasteiger partial charge in [0.15, 0.2) is 0 Å². The molecule has 28 heavy (non-hydrogen) atoms. The van der Waals surface area contributed by atoms with Crippen molar-refractivity contribution in [3.63, 3.8) is 0 Å². The molecular formula is C19H22N2O6S. The Hall–Kier alpha value is -2.94. The van der Waals surface area contributed by atoms with E-state index in [9.17, 15) is 13.2 Å². The summed E-state index contributed by atoms with van der Waals surface area (Å²) in [7, 11) is 1.17. The first kappa shape index (κ1) is 19.8. The van der Waals surface area contributed by atoms with Crippen molar-refractivity contribution < 1.29 is 27.4 Å². The first-order valence-electron chi connectivity index (χ1n) is 8.61. The molecule has 0 aromatic heterocycles. The molecule has 2 aromatic carbocycles. The van der Waals surface area contributed by atoms with E-state index in [-0.39, 0.29) is 11.7 Å². The summed E-state index contributed by atoms with van der Waals surface area (Å²) in [6.45, 7) is 0.431. The summed E-state index contributed by atoms with van der Waals surface area (Å²) >= 11 is 0. The van der Waals surface area contributed by atoms with E-state index in [1.54, 1.807) is 36.4 Å². The van der Waals surface area contributed by atoms with E-state index in [2.05, 4.69) is 5.32 Å². The zero-order chi connectivity index (χ0) is 20.3. The molecule has 1 aliphatic heterocycles. The maximum Gasteiger partial charge on any atom is 0.256 e. The molecule has 9 heteroatoms. The van der Waals surface area contributed by atoms with Crippen molar-refractivity contribution in [1.29, 1.82) is 0 Å². The molecule has 0 aliphatic carbocycles. The fourth-order valence-corrected chi connectivity index (χ4v) is 4.56. The van der Waals surface area contributed by atoms with Gasteiger partial charge in [-0.2, -0.15) is 0 Å². The molecule has 0 bridgehead atoms. The summed E-state index contributed by atoms with van der Waals surface area (Å²) in [6.07, 6.45) is 0.584. The topological polar surface area (TPSA) is 94.2 Å². The van der Waals surface area contributed by atoms with Crippen molar-refractivity contribution in [3.8, 4) is 17.2 Å². The van der Waals surface area contributed by atoms with Crippen LogP contribution in [0.15, 0.2) is 36.4 Å². The number of nitrogens with zero attached hydrogens (tertiary/aromatic N) is 1. The largest absolute Gasteiger partial charge is 0.497 e. The van der Waals surface area contributed by atoms with Gasteiger partial charge in [-0.25, -0.2) is 8.42 Å². The predicted octanol–water partition coefficient (Wildman–Crippen LogP) is 2.50. The van der Waals surface area contributed by atoms with Crippen LogP contribution in [0.2, 0.25) is 0 Å². The van der Waals surface area contributed by atoms with Gasteiger partial charge < -0.3 is 19.5 Å². The first-order valence-corrected chi connectivity index (χ1v) is 10.2. The van der Waals surface area contributed by atoms with Crippen molar-refractivity contribution >= 4 is 27.3 Å². The number of rotatable bonds is 6. The fraction of sp³-hybridized carbons (Fsp3) is 0.316. The SMILES string of the molecule is COc1cc(OC)cc(C(=O)Nc2ccc(N3CCCS3(=O)=O)cc2OC)c1. The Kier molecular flexibility index (Phi) is 5.64. The monoisotopic (exact) mass is 406 g/mol. The maximum atomic E-state index is 12.7. The van der Waals surface area contributed by atoms with Crippen LogP contribution in [0.1, 0.15) is 16.8 Å². The van der Waals surface area contributed by atoms with Crippen LogP contribution < -0.4 is 23.8 Å². The van der Waals surface area contributed by atoms with Gasteiger partial charge in [-0.15, -0.1) is 0 Å². The standard InChI is InChI=1S/C19H22N2O6S/c1-25-15-9-13(10-16(12-15)26-2)19(22)20-17-6-5-14(11-18(17)27-3)21-7-4-8-28(21,23)24/h5-6,9-12H,4,7-8H2,1-3H3,(H,20,22). The number of hydrogen-bond acceptors (Lipinski definition) is 6. The molecule has 1 amide bonds. The van der Waals surface area contributed by atoms with E-state index in [4.69, 9.17) is 14.2 Å². The van der Waals surface area contributed by atoms with Crippen LogP contribution in [0.3, 0.4) is 0 Å². The fourth-order valence-electron chi connectivity index (χ4n) is 3.00. The number of carbonyl (C=O) groups is 1. The Balaban J connectivity index is 1.87. The molecular weight excluding hydrogens is 384 g/mol. The van der Waals surface area contributed by atoms with Gasteiger partial charge in [0.2, 0.25) is 10.0 Å². The molecule has 8 nitrogen and oxygen atoms in total. The number of sulfonamides is 1. The van der Waals surface area contributed by atoms with Gasteiger partial charge in [-0.05, 0) is 30.7 Å². The summed E-state index contributed by atoms with van der Waals surface area (Å²) in [5, 5.41) is 2.78. The molecule has 3 rings (SSSR count). The summed E-state index contributed by atoms with van der Waals surface area (Å²) in [5.41, 5.74) is 1.29. The van der Waals surface area contributed by atoms with E-state index >= 15 is 0 Å². The highest BCUT2D eigenvalue weighted by atomic mass is 32.2. The summed E-state index contributed by atoms with van der Waals surface area (Å²) in [5.74, 6) is 1.10. The molecule has 150 valence electrons. The highest BCUT2D eigenvalue weighted by Gasteiger charge is 2.29. The third-order valence-corrected chi connectivity index (χ3v) is 6.30. The first-order chi connectivity index (χ1) is 13.4. The zero-order valence-corrected chi connectivity index (χ0v) is 16.7. The number of amides is 1. The van der Waals surface area contributed by atoms with Crippen LogP contribution in [0.25, 0.3) is 0 Å². The average molecular weight is 406 g/mol. The quantitative estimate of drug-likeness (QED) is 0.792. The number of carbonyl (C=O) groups excluding carboxylic acids is 1. The van der Waals surface area contributed by atoms with E-state index in [0.717, 1.165) is 0 Å². The molecule has 0 atom stereocenters. The average Bonchev–Trinajstić information content (AvgIpc) is 3.06. The lowest BCUT2D eigenvalue weighted by molar-refractivity contribution is 0.102. The molecule has 2 aromatic rings. The number of benzene rings is 2. The summed E-state index contributed by atoms with van der Waals surface area (Å²) < 4.78 is 41.3. The van der Waals surface area contributed by atoms with Crippen LogP contribution in [0.5, 0.6) is 17.2 Å². The van der Waals surface area contributed by atoms with Gasteiger partial charge in [0.1, 0.15) is 17.2 Å². The van der Waals surface area contributed by atoms with Gasteiger partial charge in [-0.3, -0.25) is 9.10 Å². The Morgan fingerprint density at radius 1 is 1.00 bits per heavy atom. The smallest absolute Gasteiger partial charge is 0.256 e. The summed E-state index contributed by atoms with van der Waals surface area (Å²) in [4.78, 5) is 12.7. The van der Waals surface area contributed by atoms with Crippen molar-refractivity contribution in [2.24, 2.45) is 0 Å². The molecule has 0 spiro atoms. The van der Waals surface area contributed by atoms with Crippen molar-refractivity contribution in [1.82, 2.24) is 0 Å². The van der Waals surface area contributed by atoms with E-state index in [0.29, 0.717) is 47.2 Å². The second-order valence-electron chi connectivity index (χ2n) is 6.18. The lowest BCUT2D eigenvalue weighted by Gasteiger charge is -2.19. The van der Waals surface area contributed by atoms with Crippen molar-refractivity contribution in [3.05, 3.63) is 42.0 Å². The van der Waals surface area contributed by atoms with Gasteiger partial charge in [-0.1, -0.05) is 0 Å². The minimum Gasteiger partial charge on any atom is -0.497 e. The van der Waals surface area contributed by atoms with Crippen LogP contribution in [-0.4, -0.2) is 48.0 Å². The van der Waals surface area contributed by atoms with E-state index in [1.165, 1.54) is 25.6 Å². The minimum atomic E-state index is -3.30. The highest BCUT2D eigenvalue weighted by Crippen LogP contribution is 2.33. The normalized spacial score (nSPS) is 15.2. The van der Waals surface area contributed by atoms with Gasteiger partial charge in [0, 0.05) is 24.2 Å². The highest BCUT2D eigenvalue weighted by molar-refractivity contribution is 7.93.